The van der Waals surface area contributed by atoms with E-state index in [-0.39, 0.29) is 23.1 Å². The Kier molecular flexibility index (Phi) is 3.96. The fourth-order valence-corrected chi connectivity index (χ4v) is 3.85. The highest BCUT2D eigenvalue weighted by molar-refractivity contribution is 8.13. The highest BCUT2D eigenvalue weighted by Gasteiger charge is 2.37. The van der Waals surface area contributed by atoms with Crippen LogP contribution in [0.1, 0.15) is 60.6 Å². The molecule has 0 bridgehead atoms. The van der Waals surface area contributed by atoms with E-state index in [9.17, 15) is 13.2 Å². The third-order valence-corrected chi connectivity index (χ3v) is 5.52. The van der Waals surface area contributed by atoms with E-state index in [2.05, 4.69) is 10.2 Å². The van der Waals surface area contributed by atoms with Crippen molar-refractivity contribution in [3.63, 3.8) is 0 Å². The summed E-state index contributed by atoms with van der Waals surface area (Å²) in [6, 6.07) is 0. The van der Waals surface area contributed by atoms with E-state index in [1.54, 1.807) is 0 Å². The maximum atomic E-state index is 12.0. The SMILES string of the molecule is O=C(OCCC1CCC1)c1n[nH]c(C2CC2)c1S(=O)(=O)Cl. The van der Waals surface area contributed by atoms with Crippen molar-refractivity contribution in [2.45, 2.75) is 49.3 Å². The molecule has 2 aliphatic carbocycles. The lowest BCUT2D eigenvalue weighted by Crippen LogP contribution is -2.16. The second kappa shape index (κ2) is 5.61. The zero-order chi connectivity index (χ0) is 15.0. The van der Waals surface area contributed by atoms with Gasteiger partial charge < -0.3 is 4.74 Å². The molecule has 0 aliphatic heterocycles. The smallest absolute Gasteiger partial charge is 0.360 e. The summed E-state index contributed by atoms with van der Waals surface area (Å²) in [7, 11) is 1.42. The van der Waals surface area contributed by atoms with E-state index in [0.717, 1.165) is 19.3 Å². The number of aromatic amines is 1. The maximum absolute atomic E-state index is 12.0. The van der Waals surface area contributed by atoms with Crippen molar-refractivity contribution in [1.82, 2.24) is 10.2 Å². The van der Waals surface area contributed by atoms with Gasteiger partial charge in [-0.15, -0.1) is 0 Å². The number of ether oxygens (including phenoxy) is 1. The zero-order valence-electron chi connectivity index (χ0n) is 11.5. The Bertz CT molecular complexity index is 647. The molecule has 0 amide bonds. The molecule has 1 aromatic rings. The Morgan fingerprint density at radius 2 is 2.05 bits per heavy atom. The fourth-order valence-electron chi connectivity index (χ4n) is 2.55. The Labute approximate surface area is 127 Å². The third-order valence-electron chi connectivity index (χ3n) is 4.15. The van der Waals surface area contributed by atoms with Gasteiger partial charge in [0.15, 0.2) is 5.69 Å². The number of hydrogen-bond acceptors (Lipinski definition) is 5. The van der Waals surface area contributed by atoms with Crippen LogP contribution in [-0.2, 0) is 13.8 Å². The Morgan fingerprint density at radius 1 is 1.33 bits per heavy atom. The van der Waals surface area contributed by atoms with Gasteiger partial charge in [0.25, 0.3) is 9.05 Å². The summed E-state index contributed by atoms with van der Waals surface area (Å²) >= 11 is 0. The molecule has 0 radical (unpaired) electrons. The molecular weight excluding hydrogens is 316 g/mol. The van der Waals surface area contributed by atoms with Crippen LogP contribution in [0.25, 0.3) is 0 Å². The lowest BCUT2D eigenvalue weighted by atomic mass is 9.83. The standard InChI is InChI=1S/C13H17ClN2O4S/c14-21(18,19)12-10(9-4-5-9)15-16-11(12)13(17)20-7-6-8-2-1-3-8/h8-9H,1-7H2,(H,15,16). The first-order valence-electron chi connectivity index (χ1n) is 7.17. The molecule has 8 heteroatoms. The van der Waals surface area contributed by atoms with Crippen LogP contribution in [0.4, 0.5) is 0 Å². The van der Waals surface area contributed by atoms with Gasteiger partial charge >= 0.3 is 5.97 Å². The molecule has 21 heavy (non-hydrogen) atoms. The molecule has 0 atom stereocenters. The Morgan fingerprint density at radius 3 is 2.57 bits per heavy atom. The Hall–Kier alpha value is -1.08. The van der Waals surface area contributed by atoms with Gasteiger partial charge in [-0.2, -0.15) is 5.10 Å². The first kappa shape index (κ1) is 14.8. The van der Waals surface area contributed by atoms with Gasteiger partial charge in [-0.1, -0.05) is 19.3 Å². The van der Waals surface area contributed by atoms with E-state index in [1.165, 1.54) is 19.3 Å². The third kappa shape index (κ3) is 3.23. The van der Waals surface area contributed by atoms with Crippen LogP contribution in [0.2, 0.25) is 0 Å². The quantitative estimate of drug-likeness (QED) is 0.638. The number of hydrogen-bond donors (Lipinski definition) is 1. The zero-order valence-corrected chi connectivity index (χ0v) is 13.0. The van der Waals surface area contributed by atoms with Gasteiger partial charge in [0, 0.05) is 16.6 Å². The first-order valence-corrected chi connectivity index (χ1v) is 9.48. The predicted molar refractivity (Wildman–Crippen MR) is 75.8 cm³/mol. The van der Waals surface area contributed by atoms with Crippen molar-refractivity contribution in [3.8, 4) is 0 Å². The number of esters is 1. The highest BCUT2D eigenvalue weighted by atomic mass is 35.7. The van der Waals surface area contributed by atoms with Crippen LogP contribution in [0.15, 0.2) is 4.90 Å². The van der Waals surface area contributed by atoms with Crippen molar-refractivity contribution in [3.05, 3.63) is 11.4 Å². The number of carbonyl (C=O) groups excluding carboxylic acids is 1. The summed E-state index contributed by atoms with van der Waals surface area (Å²) in [6.45, 7) is 0.289. The first-order chi connectivity index (χ1) is 9.97. The van der Waals surface area contributed by atoms with Gasteiger partial charge in [0.05, 0.1) is 12.3 Å². The van der Waals surface area contributed by atoms with Crippen molar-refractivity contribution in [2.24, 2.45) is 5.92 Å². The number of aromatic nitrogens is 2. The van der Waals surface area contributed by atoms with Gasteiger partial charge in [-0.3, -0.25) is 5.10 Å². The summed E-state index contributed by atoms with van der Waals surface area (Å²) in [5.41, 5.74) is 0.205. The molecule has 1 N–H and O–H groups in total. The molecular formula is C13H17ClN2O4S. The molecule has 0 saturated heterocycles. The van der Waals surface area contributed by atoms with Crippen molar-refractivity contribution in [2.75, 3.05) is 6.61 Å². The van der Waals surface area contributed by atoms with Gasteiger partial charge in [-0.25, -0.2) is 13.2 Å². The summed E-state index contributed by atoms with van der Waals surface area (Å²) in [5.74, 6) is -0.00973. The van der Waals surface area contributed by atoms with Crippen molar-refractivity contribution in [1.29, 1.82) is 0 Å². The normalized spacial score (nSPS) is 19.3. The summed E-state index contributed by atoms with van der Waals surface area (Å²) in [6.07, 6.45) is 6.14. The van der Waals surface area contributed by atoms with Crippen LogP contribution >= 0.6 is 10.7 Å². The molecule has 2 aliphatic rings. The summed E-state index contributed by atoms with van der Waals surface area (Å²) in [5, 5.41) is 6.44. The lowest BCUT2D eigenvalue weighted by molar-refractivity contribution is 0.0453. The van der Waals surface area contributed by atoms with Crippen LogP contribution < -0.4 is 0 Å². The fraction of sp³-hybridized carbons (Fsp3) is 0.692. The number of carbonyl (C=O) groups is 1. The molecule has 0 unspecified atom stereocenters. The average Bonchev–Trinajstić information content (AvgIpc) is 3.09. The van der Waals surface area contributed by atoms with Crippen LogP contribution in [-0.4, -0.2) is 31.2 Å². The minimum atomic E-state index is -4.03. The summed E-state index contributed by atoms with van der Waals surface area (Å²) < 4.78 is 28.6. The predicted octanol–water partition coefficient (Wildman–Crippen LogP) is 2.56. The number of rotatable bonds is 6. The van der Waals surface area contributed by atoms with Crippen molar-refractivity contribution >= 4 is 25.7 Å². The minimum Gasteiger partial charge on any atom is -0.461 e. The molecule has 2 saturated carbocycles. The van der Waals surface area contributed by atoms with Crippen LogP contribution in [0, 0.1) is 5.92 Å². The number of halogens is 1. The van der Waals surface area contributed by atoms with E-state index in [4.69, 9.17) is 15.4 Å². The highest BCUT2D eigenvalue weighted by Crippen LogP contribution is 2.43. The van der Waals surface area contributed by atoms with E-state index >= 15 is 0 Å². The maximum Gasteiger partial charge on any atom is 0.360 e. The topological polar surface area (TPSA) is 89.1 Å². The summed E-state index contributed by atoms with van der Waals surface area (Å²) in [4.78, 5) is 11.8. The Balaban J connectivity index is 1.72. The monoisotopic (exact) mass is 332 g/mol. The molecule has 1 aromatic heterocycles. The molecule has 0 aromatic carbocycles. The van der Waals surface area contributed by atoms with E-state index < -0.39 is 15.0 Å². The molecule has 0 spiro atoms. The largest absolute Gasteiger partial charge is 0.461 e. The average molecular weight is 333 g/mol. The second-order valence-electron chi connectivity index (χ2n) is 5.75. The van der Waals surface area contributed by atoms with Crippen LogP contribution in [0.5, 0.6) is 0 Å². The molecule has 2 fully saturated rings. The molecule has 116 valence electrons. The minimum absolute atomic E-state index is 0.0950. The molecule has 3 rings (SSSR count). The van der Waals surface area contributed by atoms with Gasteiger partial charge in [-0.05, 0) is 25.2 Å². The molecule has 1 heterocycles. The second-order valence-corrected chi connectivity index (χ2v) is 8.25. The number of H-pyrrole nitrogens is 1. The van der Waals surface area contributed by atoms with Crippen molar-refractivity contribution < 1.29 is 17.9 Å². The van der Waals surface area contributed by atoms with Gasteiger partial charge in [0.2, 0.25) is 0 Å². The number of nitrogens with zero attached hydrogens (tertiary/aromatic N) is 1. The molecule has 6 nitrogen and oxygen atoms in total. The van der Waals surface area contributed by atoms with E-state index in [1.807, 2.05) is 0 Å². The van der Waals surface area contributed by atoms with Gasteiger partial charge in [0.1, 0.15) is 4.90 Å². The van der Waals surface area contributed by atoms with E-state index in [0.29, 0.717) is 11.6 Å². The lowest BCUT2D eigenvalue weighted by Gasteiger charge is -2.24. The number of nitrogens with one attached hydrogen (secondary N) is 1. The van der Waals surface area contributed by atoms with Crippen LogP contribution in [0.3, 0.4) is 0 Å².